The van der Waals surface area contributed by atoms with Gasteiger partial charge < -0.3 is 19.2 Å². The van der Waals surface area contributed by atoms with Crippen LogP contribution >= 0.6 is 0 Å². The quantitative estimate of drug-likeness (QED) is 0.158. The van der Waals surface area contributed by atoms with E-state index in [-0.39, 0.29) is 5.04 Å². The fraction of sp³-hybridized carbons (Fsp3) is 0.364. The molecule has 3 aromatic carbocycles. The Kier molecular flexibility index (Phi) is 9.81. The highest BCUT2D eigenvalue weighted by atomic mass is 28.4. The molecule has 0 bridgehead atoms. The standard InChI is InChI=1S/C33H43NO4Si/c1-23-21-24(2)30(25(3)22-23)37-32(35)31(38-39(8,9)33(4,5)6)29(20-15-26-13-11-10-12-14-26)34-27-16-18-28(36-7)19-17-27/h10-22,29,31,34H,1-9H3/b20-15+/t29-,31-/m1/s1. The summed E-state index contributed by atoms with van der Waals surface area (Å²) >= 11 is 0. The van der Waals surface area contributed by atoms with Crippen LogP contribution in [0, 0.1) is 20.8 Å². The number of nitrogens with one attached hydrogen (secondary N) is 1. The summed E-state index contributed by atoms with van der Waals surface area (Å²) < 4.78 is 18.3. The summed E-state index contributed by atoms with van der Waals surface area (Å²) in [4.78, 5) is 14.0. The lowest BCUT2D eigenvalue weighted by molar-refractivity contribution is -0.143. The molecule has 0 aromatic heterocycles. The third-order valence-corrected chi connectivity index (χ3v) is 11.8. The van der Waals surface area contributed by atoms with Crippen LogP contribution in [0.4, 0.5) is 5.69 Å². The second-order valence-electron chi connectivity index (χ2n) is 11.6. The second kappa shape index (κ2) is 12.7. The van der Waals surface area contributed by atoms with Gasteiger partial charge in [0, 0.05) is 5.69 Å². The molecule has 0 aliphatic heterocycles. The van der Waals surface area contributed by atoms with E-state index in [1.54, 1.807) is 7.11 Å². The van der Waals surface area contributed by atoms with Gasteiger partial charge in [-0.05, 0) is 79.9 Å². The number of hydrogen-bond acceptors (Lipinski definition) is 5. The highest BCUT2D eigenvalue weighted by molar-refractivity contribution is 6.74. The molecule has 0 heterocycles. The Balaban J connectivity index is 2.06. The molecule has 208 valence electrons. The summed E-state index contributed by atoms with van der Waals surface area (Å²) in [6.07, 6.45) is 3.12. The normalized spacial score (nSPS) is 13.7. The van der Waals surface area contributed by atoms with E-state index >= 15 is 0 Å². The number of rotatable bonds is 10. The number of carbonyl (C=O) groups is 1. The van der Waals surface area contributed by atoms with Crippen molar-refractivity contribution < 1.29 is 18.7 Å². The van der Waals surface area contributed by atoms with Crippen molar-refractivity contribution in [1.29, 1.82) is 0 Å². The van der Waals surface area contributed by atoms with E-state index in [4.69, 9.17) is 13.9 Å². The van der Waals surface area contributed by atoms with Crippen LogP contribution < -0.4 is 14.8 Å². The maximum atomic E-state index is 14.0. The molecule has 0 saturated carbocycles. The molecule has 6 heteroatoms. The minimum atomic E-state index is -2.38. The summed E-state index contributed by atoms with van der Waals surface area (Å²) in [7, 11) is -0.741. The van der Waals surface area contributed by atoms with Crippen LogP contribution in [0.1, 0.15) is 43.0 Å². The van der Waals surface area contributed by atoms with Gasteiger partial charge in [0.2, 0.25) is 0 Å². The molecular weight excluding hydrogens is 502 g/mol. The Morgan fingerprint density at radius 1 is 0.923 bits per heavy atom. The highest BCUT2D eigenvalue weighted by Crippen LogP contribution is 2.38. The van der Waals surface area contributed by atoms with Gasteiger partial charge >= 0.3 is 5.97 Å². The van der Waals surface area contributed by atoms with Gasteiger partial charge in [-0.15, -0.1) is 0 Å². The average Bonchev–Trinajstić information content (AvgIpc) is 2.87. The number of ether oxygens (including phenoxy) is 2. The maximum absolute atomic E-state index is 14.0. The molecule has 1 N–H and O–H groups in total. The zero-order valence-electron chi connectivity index (χ0n) is 24.8. The van der Waals surface area contributed by atoms with Crippen molar-refractivity contribution in [3.8, 4) is 11.5 Å². The second-order valence-corrected chi connectivity index (χ2v) is 16.4. The number of esters is 1. The van der Waals surface area contributed by atoms with E-state index < -0.39 is 26.4 Å². The fourth-order valence-corrected chi connectivity index (χ4v) is 5.36. The Morgan fingerprint density at radius 2 is 1.51 bits per heavy atom. The highest BCUT2D eigenvalue weighted by Gasteiger charge is 2.43. The Hall–Kier alpha value is -3.35. The first-order valence-corrected chi connectivity index (χ1v) is 16.3. The summed E-state index contributed by atoms with van der Waals surface area (Å²) in [6.45, 7) is 16.8. The number of aryl methyl sites for hydroxylation is 3. The predicted octanol–water partition coefficient (Wildman–Crippen LogP) is 8.11. The molecule has 3 rings (SSSR count). The topological polar surface area (TPSA) is 56.8 Å². The van der Waals surface area contributed by atoms with Crippen molar-refractivity contribution in [2.75, 3.05) is 12.4 Å². The largest absolute Gasteiger partial charge is 0.497 e. The van der Waals surface area contributed by atoms with Gasteiger partial charge in [0.15, 0.2) is 14.4 Å². The summed E-state index contributed by atoms with van der Waals surface area (Å²) in [5, 5.41) is 3.43. The van der Waals surface area contributed by atoms with Crippen molar-refractivity contribution in [1.82, 2.24) is 0 Å². The molecular formula is C33H43NO4Si. The zero-order chi connectivity index (χ0) is 28.8. The Morgan fingerprint density at radius 3 is 2.05 bits per heavy atom. The van der Waals surface area contributed by atoms with E-state index in [1.807, 2.05) is 99.7 Å². The van der Waals surface area contributed by atoms with Crippen molar-refractivity contribution >= 4 is 26.1 Å². The minimum Gasteiger partial charge on any atom is -0.497 e. The molecule has 0 fully saturated rings. The van der Waals surface area contributed by atoms with Gasteiger partial charge in [0.05, 0.1) is 13.2 Å². The van der Waals surface area contributed by atoms with Crippen molar-refractivity contribution in [3.63, 3.8) is 0 Å². The molecule has 0 amide bonds. The fourth-order valence-electron chi connectivity index (χ4n) is 4.13. The van der Waals surface area contributed by atoms with Crippen molar-refractivity contribution in [2.24, 2.45) is 0 Å². The minimum absolute atomic E-state index is 0.102. The molecule has 2 atom stereocenters. The third-order valence-electron chi connectivity index (χ3n) is 7.31. The molecule has 5 nitrogen and oxygen atoms in total. The summed E-state index contributed by atoms with van der Waals surface area (Å²) in [6, 6.07) is 21.2. The molecule has 0 spiro atoms. The van der Waals surface area contributed by atoms with Crippen molar-refractivity contribution in [3.05, 3.63) is 95.1 Å². The van der Waals surface area contributed by atoms with Gasteiger partial charge in [-0.2, -0.15) is 0 Å². The van der Waals surface area contributed by atoms with E-state index in [1.165, 1.54) is 0 Å². The lowest BCUT2D eigenvalue weighted by Gasteiger charge is -2.40. The molecule has 0 radical (unpaired) electrons. The first kappa shape index (κ1) is 30.2. The smallest absolute Gasteiger partial charge is 0.341 e. The van der Waals surface area contributed by atoms with Crippen LogP contribution in [-0.2, 0) is 9.22 Å². The van der Waals surface area contributed by atoms with Gasteiger partial charge in [-0.1, -0.05) is 81.0 Å². The van der Waals surface area contributed by atoms with Crippen LogP contribution in [0.5, 0.6) is 11.5 Å². The van der Waals surface area contributed by atoms with Crippen LogP contribution in [0.3, 0.4) is 0 Å². The Bertz CT molecular complexity index is 1250. The van der Waals surface area contributed by atoms with Crippen LogP contribution in [0.2, 0.25) is 18.1 Å². The monoisotopic (exact) mass is 545 g/mol. The summed E-state index contributed by atoms with van der Waals surface area (Å²) in [5.74, 6) is 0.930. The van der Waals surface area contributed by atoms with Gasteiger partial charge in [0.25, 0.3) is 0 Å². The first-order valence-electron chi connectivity index (χ1n) is 13.4. The number of benzene rings is 3. The number of carbonyl (C=O) groups excluding carboxylic acids is 1. The number of hydrogen-bond donors (Lipinski definition) is 1. The third kappa shape index (κ3) is 8.07. The van der Waals surface area contributed by atoms with E-state index in [9.17, 15) is 4.79 Å². The van der Waals surface area contributed by atoms with Crippen LogP contribution in [0.15, 0.2) is 72.8 Å². The van der Waals surface area contributed by atoms with Crippen LogP contribution in [-0.4, -0.2) is 33.5 Å². The molecule has 3 aromatic rings. The average molecular weight is 546 g/mol. The van der Waals surface area contributed by atoms with Crippen molar-refractivity contribution in [2.45, 2.75) is 71.8 Å². The van der Waals surface area contributed by atoms with Crippen LogP contribution in [0.25, 0.3) is 6.08 Å². The molecule has 0 aliphatic rings. The van der Waals surface area contributed by atoms with E-state index in [2.05, 4.69) is 39.2 Å². The zero-order valence-corrected chi connectivity index (χ0v) is 25.8. The maximum Gasteiger partial charge on any atom is 0.341 e. The lowest BCUT2D eigenvalue weighted by Crippen LogP contribution is -2.52. The van der Waals surface area contributed by atoms with E-state index in [0.717, 1.165) is 33.7 Å². The summed E-state index contributed by atoms with van der Waals surface area (Å²) in [5.41, 5.74) is 4.85. The van der Waals surface area contributed by atoms with Gasteiger partial charge in [-0.25, -0.2) is 4.79 Å². The lowest BCUT2D eigenvalue weighted by atomic mass is 10.1. The Labute approximate surface area is 235 Å². The van der Waals surface area contributed by atoms with Gasteiger partial charge in [0.1, 0.15) is 11.5 Å². The molecule has 0 aliphatic carbocycles. The predicted molar refractivity (Wildman–Crippen MR) is 164 cm³/mol. The molecule has 0 saturated heterocycles. The SMILES string of the molecule is COc1ccc(N[C@H](/C=C/c2ccccc2)[C@@H](O[Si](C)(C)C(C)(C)C)C(=O)Oc2c(C)cc(C)cc2C)cc1. The van der Waals surface area contributed by atoms with Gasteiger partial charge in [-0.3, -0.25) is 0 Å². The first-order chi connectivity index (χ1) is 18.3. The number of anilines is 1. The molecule has 0 unspecified atom stereocenters. The van der Waals surface area contributed by atoms with E-state index in [0.29, 0.717) is 5.75 Å². The number of methoxy groups -OCH3 is 1. The molecule has 39 heavy (non-hydrogen) atoms.